The van der Waals surface area contributed by atoms with Crippen molar-refractivity contribution < 1.29 is 32.1 Å². The standard InChI is InChI=1S/C50H76F3O4P/c1-3-5-21-27-42-29-32-44(33-30-42)45-34-36-48(50(53)49(45)52)57-38-24-18-14-10-8-12-16-20-26-40-58(54,55)39-25-19-15-11-7-9-13-17-23-37-56-47-35-31-43(41-46(47)51)28-22-6-4-2/h29-36,41H,3-28,37-40H2,1-2H3,(H,54,55). The van der Waals surface area contributed by atoms with Crippen molar-refractivity contribution in [3.63, 3.8) is 0 Å². The van der Waals surface area contributed by atoms with Crippen molar-refractivity contribution in [2.75, 3.05) is 25.5 Å². The number of hydrogen-bond acceptors (Lipinski definition) is 3. The molecule has 3 aromatic rings. The monoisotopic (exact) mass is 829 g/mol. The summed E-state index contributed by atoms with van der Waals surface area (Å²) >= 11 is 0. The molecule has 0 aliphatic carbocycles. The Morgan fingerprint density at radius 3 is 1.41 bits per heavy atom. The molecule has 4 nitrogen and oxygen atoms in total. The first-order valence-electron chi connectivity index (χ1n) is 23.2. The highest BCUT2D eigenvalue weighted by atomic mass is 31.2. The molecule has 0 heterocycles. The molecule has 0 aliphatic heterocycles. The third kappa shape index (κ3) is 21.0. The summed E-state index contributed by atoms with van der Waals surface area (Å²) in [4.78, 5) is 10.4. The third-order valence-corrected chi connectivity index (χ3v) is 13.3. The smallest absolute Gasteiger partial charge is 0.201 e. The minimum Gasteiger partial charge on any atom is -0.491 e. The van der Waals surface area contributed by atoms with Gasteiger partial charge in [0, 0.05) is 17.9 Å². The average Bonchev–Trinajstić information content (AvgIpc) is 3.21. The topological polar surface area (TPSA) is 55.8 Å². The second kappa shape index (κ2) is 30.3. The summed E-state index contributed by atoms with van der Waals surface area (Å²) in [7, 11) is -3.02. The molecule has 3 rings (SSSR count). The Bertz CT molecular complexity index is 1560. The SMILES string of the molecule is CCCCCc1ccc(-c2ccc(OCCCCCCCCCCCP(=O)(O)CCCCCCCCCCCOc3ccc(CCCCC)cc3F)c(F)c2F)cc1. The average molecular weight is 829 g/mol. The summed E-state index contributed by atoms with van der Waals surface area (Å²) in [5.74, 6) is -1.71. The van der Waals surface area contributed by atoms with E-state index in [1.54, 1.807) is 18.2 Å². The van der Waals surface area contributed by atoms with E-state index in [1.165, 1.54) is 50.2 Å². The maximum Gasteiger partial charge on any atom is 0.201 e. The molecule has 326 valence electrons. The number of aryl methyl sites for hydroxylation is 2. The first-order valence-corrected chi connectivity index (χ1v) is 25.2. The molecule has 0 fully saturated rings. The third-order valence-electron chi connectivity index (χ3n) is 11.3. The molecule has 1 atom stereocenters. The Labute approximate surface area is 350 Å². The van der Waals surface area contributed by atoms with Gasteiger partial charge in [0.1, 0.15) is 0 Å². The molecule has 0 saturated carbocycles. The van der Waals surface area contributed by atoms with Crippen LogP contribution in [0.25, 0.3) is 11.1 Å². The van der Waals surface area contributed by atoms with Crippen molar-refractivity contribution in [3.05, 3.63) is 83.2 Å². The van der Waals surface area contributed by atoms with E-state index in [1.807, 2.05) is 30.3 Å². The van der Waals surface area contributed by atoms with Crippen LogP contribution in [0.2, 0.25) is 0 Å². The highest BCUT2D eigenvalue weighted by molar-refractivity contribution is 7.57. The molecule has 0 saturated heterocycles. The van der Waals surface area contributed by atoms with Crippen molar-refractivity contribution in [1.82, 2.24) is 0 Å². The summed E-state index contributed by atoms with van der Waals surface area (Å²) in [6.07, 6.45) is 28.6. The molecule has 0 aliphatic rings. The van der Waals surface area contributed by atoms with Crippen molar-refractivity contribution in [2.45, 2.75) is 181 Å². The van der Waals surface area contributed by atoms with Gasteiger partial charge in [-0.25, -0.2) is 8.78 Å². The first-order chi connectivity index (χ1) is 28.2. The molecule has 0 aromatic heterocycles. The van der Waals surface area contributed by atoms with Gasteiger partial charge in [0.05, 0.1) is 13.2 Å². The van der Waals surface area contributed by atoms with E-state index in [4.69, 9.17) is 9.47 Å². The van der Waals surface area contributed by atoms with E-state index in [-0.39, 0.29) is 17.1 Å². The van der Waals surface area contributed by atoms with Crippen molar-refractivity contribution in [3.8, 4) is 22.6 Å². The highest BCUT2D eigenvalue weighted by Gasteiger charge is 2.17. The number of ether oxygens (including phenoxy) is 2. The number of hydrogen-bond donors (Lipinski definition) is 1. The van der Waals surface area contributed by atoms with Crippen LogP contribution in [-0.4, -0.2) is 30.4 Å². The van der Waals surface area contributed by atoms with Crippen molar-refractivity contribution >= 4 is 7.37 Å². The second-order valence-electron chi connectivity index (χ2n) is 16.5. The minimum atomic E-state index is -3.02. The summed E-state index contributed by atoms with van der Waals surface area (Å²) in [5.41, 5.74) is 3.18. The summed E-state index contributed by atoms with van der Waals surface area (Å²) in [6, 6.07) is 16.2. The lowest BCUT2D eigenvalue weighted by Gasteiger charge is -2.11. The quantitative estimate of drug-likeness (QED) is 0.0474. The number of halogens is 3. The van der Waals surface area contributed by atoms with E-state index in [0.29, 0.717) is 36.9 Å². The van der Waals surface area contributed by atoms with Crippen LogP contribution in [0.1, 0.15) is 179 Å². The van der Waals surface area contributed by atoms with Crippen LogP contribution in [0.15, 0.2) is 54.6 Å². The molecule has 0 radical (unpaired) electrons. The van der Waals surface area contributed by atoms with Gasteiger partial charge in [-0.05, 0) is 92.3 Å². The summed E-state index contributed by atoms with van der Waals surface area (Å²) < 4.78 is 67.9. The van der Waals surface area contributed by atoms with E-state index in [9.17, 15) is 22.6 Å². The van der Waals surface area contributed by atoms with Crippen LogP contribution in [0.5, 0.6) is 11.5 Å². The minimum absolute atomic E-state index is 0.0306. The Hall–Kier alpha value is -2.76. The molecule has 1 unspecified atom stereocenters. The van der Waals surface area contributed by atoms with Gasteiger partial charge in [0.25, 0.3) is 0 Å². The summed E-state index contributed by atoms with van der Waals surface area (Å²) in [5, 5.41) is 0. The molecule has 0 spiro atoms. The predicted octanol–water partition coefficient (Wildman–Crippen LogP) is 16.0. The fraction of sp³-hybridized carbons (Fsp3) is 0.640. The first kappa shape index (κ1) is 49.6. The van der Waals surface area contributed by atoms with Crippen LogP contribution in [0.3, 0.4) is 0 Å². The molecule has 3 aromatic carbocycles. The number of benzene rings is 3. The molecule has 0 amide bonds. The highest BCUT2D eigenvalue weighted by Crippen LogP contribution is 2.42. The lowest BCUT2D eigenvalue weighted by atomic mass is 10.0. The van der Waals surface area contributed by atoms with Gasteiger partial charge < -0.3 is 14.4 Å². The van der Waals surface area contributed by atoms with Crippen LogP contribution >= 0.6 is 7.37 Å². The van der Waals surface area contributed by atoms with Crippen LogP contribution in [0, 0.1) is 17.5 Å². The Kier molecular flexibility index (Phi) is 25.9. The maximum absolute atomic E-state index is 14.9. The normalized spacial score (nSPS) is 12.5. The van der Waals surface area contributed by atoms with E-state index in [2.05, 4.69) is 13.8 Å². The van der Waals surface area contributed by atoms with Gasteiger partial charge >= 0.3 is 0 Å². The molecule has 8 heteroatoms. The zero-order valence-corrected chi connectivity index (χ0v) is 37.1. The van der Waals surface area contributed by atoms with Gasteiger partial charge in [0.15, 0.2) is 23.1 Å². The fourth-order valence-corrected chi connectivity index (χ4v) is 9.22. The second-order valence-corrected chi connectivity index (χ2v) is 19.1. The Morgan fingerprint density at radius 2 is 0.914 bits per heavy atom. The maximum atomic E-state index is 14.9. The van der Waals surface area contributed by atoms with E-state index >= 15 is 0 Å². The van der Waals surface area contributed by atoms with E-state index in [0.717, 1.165) is 134 Å². The van der Waals surface area contributed by atoms with Gasteiger partial charge in [0.2, 0.25) is 13.2 Å². The van der Waals surface area contributed by atoms with Crippen LogP contribution in [0.4, 0.5) is 13.2 Å². The number of unbranched alkanes of at least 4 members (excludes halogenated alkanes) is 20. The van der Waals surface area contributed by atoms with Crippen LogP contribution < -0.4 is 9.47 Å². The summed E-state index contributed by atoms with van der Waals surface area (Å²) in [6.45, 7) is 5.26. The largest absolute Gasteiger partial charge is 0.491 e. The van der Waals surface area contributed by atoms with Gasteiger partial charge in [-0.15, -0.1) is 0 Å². The van der Waals surface area contributed by atoms with Crippen LogP contribution in [-0.2, 0) is 17.4 Å². The predicted molar refractivity (Wildman–Crippen MR) is 238 cm³/mol. The molecular weight excluding hydrogens is 753 g/mol. The Balaban J connectivity index is 1.09. The van der Waals surface area contributed by atoms with E-state index < -0.39 is 19.0 Å². The zero-order valence-electron chi connectivity index (χ0n) is 36.2. The molecule has 58 heavy (non-hydrogen) atoms. The molecule has 0 bridgehead atoms. The van der Waals surface area contributed by atoms with Gasteiger partial charge in [-0.1, -0.05) is 160 Å². The van der Waals surface area contributed by atoms with Crippen molar-refractivity contribution in [1.29, 1.82) is 0 Å². The van der Waals surface area contributed by atoms with Crippen molar-refractivity contribution in [2.24, 2.45) is 0 Å². The lowest BCUT2D eigenvalue weighted by Crippen LogP contribution is -2.02. The lowest BCUT2D eigenvalue weighted by molar-refractivity contribution is 0.285. The zero-order chi connectivity index (χ0) is 41.7. The number of rotatable bonds is 35. The fourth-order valence-electron chi connectivity index (χ4n) is 7.57. The Morgan fingerprint density at radius 1 is 0.483 bits per heavy atom. The van der Waals surface area contributed by atoms with Gasteiger partial charge in [-0.2, -0.15) is 4.39 Å². The molecular formula is C50H76F3O4P. The molecule has 1 N–H and O–H groups in total. The van der Waals surface area contributed by atoms with Gasteiger partial charge in [-0.3, -0.25) is 4.57 Å².